The topological polar surface area (TPSA) is 126 Å². The average Bonchev–Trinajstić information content (AvgIpc) is 3.98. The molecule has 1 fully saturated rings. The van der Waals surface area contributed by atoms with Crippen LogP contribution in [0.25, 0.3) is 17.0 Å². The number of carbonyl (C=O) groups excluding carboxylic acids is 3. The van der Waals surface area contributed by atoms with E-state index < -0.39 is 11.9 Å². The fraction of sp³-hybridized carbons (Fsp3) is 0.585. The number of methoxy groups -OCH3 is 1. The van der Waals surface area contributed by atoms with Crippen molar-refractivity contribution >= 4 is 52.4 Å². The summed E-state index contributed by atoms with van der Waals surface area (Å²) in [5.74, 6) is -0.560. The Hall–Kier alpha value is -3.76. The van der Waals surface area contributed by atoms with Gasteiger partial charge in [0.2, 0.25) is 0 Å². The molecule has 63 heavy (non-hydrogen) atoms. The summed E-state index contributed by atoms with van der Waals surface area (Å²) in [6.07, 6.45) is 17.6. The number of Topliss-reactive ketones (excluding diaryl/α,β-unsaturated/α-hetero) is 1. The van der Waals surface area contributed by atoms with E-state index in [4.69, 9.17) is 29.7 Å². The molecule has 5 atom stereocenters. The van der Waals surface area contributed by atoms with Crippen LogP contribution in [-0.2, 0) is 38.3 Å². The third-order valence-electron chi connectivity index (χ3n) is 14.0. The first-order chi connectivity index (χ1) is 29.6. The summed E-state index contributed by atoms with van der Waals surface area (Å²) >= 11 is 0. The van der Waals surface area contributed by atoms with Crippen LogP contribution in [-0.4, -0.2) is 54.5 Å². The fourth-order valence-corrected chi connectivity index (χ4v) is 9.95. The van der Waals surface area contributed by atoms with E-state index in [-0.39, 0.29) is 59.7 Å². The molecule has 3 aromatic heterocycles. The maximum atomic E-state index is 14.3. The molecule has 1 saturated heterocycles. The minimum atomic E-state index is -1.19. The number of nitrogens with zero attached hydrogens (tertiary/aromatic N) is 4. The molecule has 0 amide bonds. The Morgan fingerprint density at radius 2 is 1.57 bits per heavy atom. The third kappa shape index (κ3) is 11.7. The van der Waals surface area contributed by atoms with Gasteiger partial charge in [-0.15, -0.1) is 11.4 Å². The van der Waals surface area contributed by atoms with Gasteiger partial charge in [-0.1, -0.05) is 125 Å². The van der Waals surface area contributed by atoms with E-state index in [1.807, 2.05) is 19.1 Å². The van der Waals surface area contributed by atoms with Gasteiger partial charge in [-0.2, -0.15) is 40.6 Å². The molecule has 2 aliphatic heterocycles. The zero-order valence-corrected chi connectivity index (χ0v) is 41.5. The molecule has 0 radical (unpaired) electrons. The largest absolute Gasteiger partial charge is 2.00 e. The molecule has 5 heterocycles. The molecule has 3 aliphatic rings. The first kappa shape index (κ1) is 50.2. The van der Waals surface area contributed by atoms with Crippen molar-refractivity contribution in [3.05, 3.63) is 103 Å². The van der Waals surface area contributed by atoms with E-state index in [1.54, 1.807) is 0 Å². The number of allylic oxidation sites excluding steroid dienone is 3. The summed E-state index contributed by atoms with van der Waals surface area (Å²) < 4.78 is 11.0. The van der Waals surface area contributed by atoms with Crippen molar-refractivity contribution < 1.29 is 23.9 Å². The van der Waals surface area contributed by atoms with Gasteiger partial charge in [0, 0.05) is 12.0 Å². The van der Waals surface area contributed by atoms with Crippen LogP contribution < -0.4 is 15.0 Å². The molecule has 0 aromatic carbocycles. The summed E-state index contributed by atoms with van der Waals surface area (Å²) in [4.78, 5) is 56.4. The van der Waals surface area contributed by atoms with Crippen molar-refractivity contribution in [3.63, 3.8) is 0 Å². The Morgan fingerprint density at radius 3 is 2.24 bits per heavy atom. The number of hydrogen-bond acceptors (Lipinski definition) is 5. The van der Waals surface area contributed by atoms with Crippen molar-refractivity contribution in [2.24, 2.45) is 35.5 Å². The Morgan fingerprint density at radius 1 is 0.889 bits per heavy atom. The molecule has 3 aromatic rings. The Bertz CT molecular complexity index is 2200. The summed E-state index contributed by atoms with van der Waals surface area (Å²) in [6.45, 7) is 24.1. The van der Waals surface area contributed by atoms with Gasteiger partial charge in [0.05, 0.1) is 7.11 Å². The van der Waals surface area contributed by atoms with Crippen LogP contribution >= 0.6 is 0 Å². The number of carbonyl (C=O) groups is 3. The van der Waals surface area contributed by atoms with Crippen LogP contribution in [0.4, 0.5) is 0 Å². The van der Waals surface area contributed by atoms with E-state index in [0.29, 0.717) is 48.2 Å². The van der Waals surface area contributed by atoms with Crippen molar-refractivity contribution in [2.75, 3.05) is 13.7 Å². The number of rotatable bonds is 19. The molecule has 338 valence electrons. The molecular formula is C53H71MgN4O5-3. The van der Waals surface area contributed by atoms with Crippen molar-refractivity contribution in [1.29, 1.82) is 0 Å². The van der Waals surface area contributed by atoms with Crippen LogP contribution in [0.3, 0.4) is 0 Å². The Kier molecular flexibility index (Phi) is 17.9. The van der Waals surface area contributed by atoms with Gasteiger partial charge >= 0.3 is 35.0 Å². The second-order valence-corrected chi connectivity index (χ2v) is 19.3. The monoisotopic (exact) mass is 868 g/mol. The smallest absolute Gasteiger partial charge is 0.664 e. The normalized spacial score (nSPS) is 21.2. The van der Waals surface area contributed by atoms with E-state index >= 15 is 0 Å². The standard InChI is InChI=1S/C53H72N4O5.Mg/c1-12-39-35(8)43-29-44-36(9)40(22-23-46(58)62-25-24-33(6)21-15-20-32(5)19-14-18-31(4)17-13-16-30(2)3)50(56-44)48-49(53(60)61-11)52(59)47-37(10)42(57-51(47)48)27-38-26-34(7)41(54-38)28-45(39)55-43;/h24,26,29-32,36,40,49H,1,12-23,25,27-28H2,2-11H3,(H-,56,57,59);/q-4;+2/p-1/b33-24+,44-29-;/t31-,32-,36+,40+,49-;/m1./s1. The van der Waals surface area contributed by atoms with Gasteiger partial charge in [0.25, 0.3) is 0 Å². The van der Waals surface area contributed by atoms with Gasteiger partial charge in [0.1, 0.15) is 12.5 Å². The first-order valence-electron chi connectivity index (χ1n) is 23.4. The predicted molar refractivity (Wildman–Crippen MR) is 253 cm³/mol. The Labute approximate surface area is 394 Å². The average molecular weight is 868 g/mol. The van der Waals surface area contributed by atoms with E-state index in [1.165, 1.54) is 57.6 Å². The number of esters is 2. The van der Waals surface area contributed by atoms with Gasteiger partial charge in [-0.25, -0.2) is 0 Å². The van der Waals surface area contributed by atoms with Crippen LogP contribution in [0.2, 0.25) is 0 Å². The quantitative estimate of drug-likeness (QED) is 0.0383. The summed E-state index contributed by atoms with van der Waals surface area (Å²) in [5.41, 5.74) is 12.3. The van der Waals surface area contributed by atoms with E-state index in [2.05, 4.69) is 68.4 Å². The summed E-state index contributed by atoms with van der Waals surface area (Å²) in [7, 11) is 1.30. The van der Waals surface area contributed by atoms with Gasteiger partial charge in [-0.3, -0.25) is 14.4 Å². The summed E-state index contributed by atoms with van der Waals surface area (Å²) in [5, 5.41) is 5.24. The number of hydrogen-bond donors (Lipinski definition) is 0. The van der Waals surface area contributed by atoms with Gasteiger partial charge < -0.3 is 36.7 Å². The second-order valence-electron chi connectivity index (χ2n) is 19.3. The molecule has 10 heteroatoms. The van der Waals surface area contributed by atoms with Crippen molar-refractivity contribution in [3.8, 4) is 0 Å². The maximum absolute atomic E-state index is 14.3. The number of ketones is 1. The molecule has 8 bridgehead atoms. The van der Waals surface area contributed by atoms with Gasteiger partial charge in [-0.05, 0) is 95.5 Å². The SMILES string of the molecule is [CH2-]Cc1c2[n-]c(c1C)/C=C1\[N-]/C(=C3\c4[n-]c(c(C)c4C(=O)[C@@H]3C(=O)OC)Cc3cc(C)c([n-]3)C2)[C@@H](CCC(=O)OC/C=C(\C)CCC[C@H](C)CCC[C@H](C)CCCC(C)C)[C@@H]1C.[Mg+2]. The molecule has 9 nitrogen and oxygen atoms in total. The zero-order chi connectivity index (χ0) is 44.8. The van der Waals surface area contributed by atoms with Crippen molar-refractivity contribution in [1.82, 2.24) is 15.0 Å². The molecular weight excluding hydrogens is 797 g/mol. The number of aromatic nitrogens is 3. The van der Waals surface area contributed by atoms with Crippen LogP contribution in [0.5, 0.6) is 0 Å². The second kappa shape index (κ2) is 22.4. The fourth-order valence-electron chi connectivity index (χ4n) is 9.95. The zero-order valence-electron chi connectivity index (χ0n) is 40.0. The number of fused-ring (bicyclic) bond motifs is 7. The molecule has 6 rings (SSSR count). The molecule has 1 aliphatic carbocycles. The van der Waals surface area contributed by atoms with Crippen LogP contribution in [0.15, 0.2) is 29.1 Å². The number of ether oxygens (including phenoxy) is 2. The van der Waals surface area contributed by atoms with Crippen LogP contribution in [0, 0.1) is 63.2 Å². The summed E-state index contributed by atoms with van der Waals surface area (Å²) in [6, 6.07) is 2.08. The molecule has 0 unspecified atom stereocenters. The minimum absolute atomic E-state index is 0. The molecule has 0 saturated carbocycles. The first-order valence-corrected chi connectivity index (χ1v) is 23.4. The van der Waals surface area contributed by atoms with Crippen LogP contribution in [0.1, 0.15) is 179 Å². The minimum Gasteiger partial charge on any atom is -0.664 e. The van der Waals surface area contributed by atoms with Crippen molar-refractivity contribution in [2.45, 2.75) is 152 Å². The molecule has 0 spiro atoms. The van der Waals surface area contributed by atoms with Gasteiger partial charge in [0.15, 0.2) is 5.78 Å². The number of aryl methyl sites for hydroxylation is 1. The third-order valence-corrected chi connectivity index (χ3v) is 14.0. The Balaban J connectivity index is 0.00000748. The molecule has 0 N–H and O–H groups in total. The maximum Gasteiger partial charge on any atom is 2.00 e. The van der Waals surface area contributed by atoms with E-state index in [0.717, 1.165) is 87.0 Å². The van der Waals surface area contributed by atoms with E-state index in [9.17, 15) is 14.4 Å². The predicted octanol–water partition coefficient (Wildman–Crippen LogP) is 11.1.